The average Bonchev–Trinajstić information content (AvgIpc) is 3.47. The highest BCUT2D eigenvalue weighted by molar-refractivity contribution is 7.18. The Kier molecular flexibility index (Phi) is 5.86. The maximum Gasteiger partial charge on any atom is 0.208 e. The van der Waals surface area contributed by atoms with Crippen molar-refractivity contribution in [1.82, 2.24) is 24.8 Å². The number of nitrogens with zero attached hydrogens (tertiary/aromatic N) is 7. The molecule has 0 aromatic carbocycles. The molecule has 5 rings (SSSR count). The minimum Gasteiger partial charge on any atom is -0.387 e. The maximum atomic E-state index is 14.4. The lowest BCUT2D eigenvalue weighted by Crippen LogP contribution is -2.51. The van der Waals surface area contributed by atoms with Crippen LogP contribution in [0, 0.1) is 11.3 Å². The first-order valence-electron chi connectivity index (χ1n) is 11.4. The fourth-order valence-corrected chi connectivity index (χ4v) is 4.98. The van der Waals surface area contributed by atoms with Crippen LogP contribution in [0.5, 0.6) is 0 Å². The molecule has 1 fully saturated rings. The van der Waals surface area contributed by atoms with Gasteiger partial charge in [-0.2, -0.15) is 10.4 Å². The van der Waals surface area contributed by atoms with Gasteiger partial charge in [-0.1, -0.05) is 11.3 Å². The summed E-state index contributed by atoms with van der Waals surface area (Å²) in [6.45, 7) is 6.22. The van der Waals surface area contributed by atoms with E-state index in [4.69, 9.17) is 5.26 Å². The SMILES string of the molecule is CC(C)Nc1cc(-c2ccc3cc(C#N)cnn23)ncc1-c1nnc(N2CC[C@](C)(O)[C@@H](F)C2)s1. The maximum absolute atomic E-state index is 14.4. The Hall–Kier alpha value is -3.62. The van der Waals surface area contributed by atoms with E-state index in [0.717, 1.165) is 28.2 Å². The number of pyridine rings is 1. The molecular formula is C24H25FN8OS. The normalized spacial score (nSPS) is 20.4. The fraction of sp³-hybridized carbons (Fsp3) is 0.375. The van der Waals surface area contributed by atoms with Gasteiger partial charge in [0, 0.05) is 24.5 Å². The van der Waals surface area contributed by atoms with Crippen molar-refractivity contribution in [3.8, 4) is 28.0 Å². The molecule has 11 heteroatoms. The Balaban J connectivity index is 1.49. The lowest BCUT2D eigenvalue weighted by Gasteiger charge is -2.38. The summed E-state index contributed by atoms with van der Waals surface area (Å²) in [5.41, 5.74) is 3.16. The second kappa shape index (κ2) is 8.87. The number of halogens is 1. The highest BCUT2D eigenvalue weighted by Crippen LogP contribution is 2.37. The van der Waals surface area contributed by atoms with Crippen LogP contribution in [0.15, 0.2) is 36.7 Å². The molecular weight excluding hydrogens is 467 g/mol. The van der Waals surface area contributed by atoms with E-state index in [-0.39, 0.29) is 12.6 Å². The van der Waals surface area contributed by atoms with Crippen molar-refractivity contribution in [1.29, 1.82) is 5.26 Å². The zero-order valence-corrected chi connectivity index (χ0v) is 20.4. The van der Waals surface area contributed by atoms with Gasteiger partial charge in [-0.3, -0.25) is 4.98 Å². The van der Waals surface area contributed by atoms with Crippen molar-refractivity contribution in [3.63, 3.8) is 0 Å². The van der Waals surface area contributed by atoms with Gasteiger partial charge >= 0.3 is 0 Å². The van der Waals surface area contributed by atoms with Crippen molar-refractivity contribution in [2.75, 3.05) is 23.3 Å². The van der Waals surface area contributed by atoms with Crippen molar-refractivity contribution in [2.45, 2.75) is 45.0 Å². The van der Waals surface area contributed by atoms with E-state index in [0.29, 0.717) is 28.7 Å². The van der Waals surface area contributed by atoms with Gasteiger partial charge in [0.25, 0.3) is 0 Å². The van der Waals surface area contributed by atoms with Gasteiger partial charge in [0.15, 0.2) is 5.01 Å². The molecule has 1 aliphatic heterocycles. The molecule has 0 amide bonds. The number of rotatable bonds is 5. The topological polar surface area (TPSA) is 115 Å². The van der Waals surface area contributed by atoms with Crippen LogP contribution in [0.1, 0.15) is 32.8 Å². The zero-order chi connectivity index (χ0) is 24.7. The number of piperidine rings is 1. The first kappa shape index (κ1) is 23.1. The van der Waals surface area contributed by atoms with Crippen LogP contribution in [-0.2, 0) is 0 Å². The first-order valence-corrected chi connectivity index (χ1v) is 12.2. The molecule has 2 N–H and O–H groups in total. The fourth-order valence-electron chi connectivity index (χ4n) is 4.08. The third-order valence-corrected chi connectivity index (χ3v) is 7.12. The molecule has 4 aromatic rings. The Labute approximate surface area is 205 Å². The monoisotopic (exact) mass is 492 g/mol. The summed E-state index contributed by atoms with van der Waals surface area (Å²) in [5, 5.41) is 37.1. The Morgan fingerprint density at radius 3 is 2.86 bits per heavy atom. The summed E-state index contributed by atoms with van der Waals surface area (Å²) in [6, 6.07) is 9.83. The van der Waals surface area contributed by atoms with E-state index in [1.807, 2.05) is 36.9 Å². The summed E-state index contributed by atoms with van der Waals surface area (Å²) in [6.07, 6.45) is 2.27. The number of nitrogens with one attached hydrogen (secondary N) is 1. The number of aliphatic hydroxyl groups is 1. The van der Waals surface area contributed by atoms with Crippen molar-refractivity contribution < 1.29 is 9.50 Å². The predicted octanol–water partition coefficient (Wildman–Crippen LogP) is 3.91. The Morgan fingerprint density at radius 2 is 2.11 bits per heavy atom. The minimum atomic E-state index is -1.35. The summed E-state index contributed by atoms with van der Waals surface area (Å²) < 4.78 is 16.1. The van der Waals surface area contributed by atoms with Gasteiger partial charge in [0.05, 0.1) is 46.4 Å². The number of anilines is 2. The second-order valence-electron chi connectivity index (χ2n) is 9.24. The number of alkyl halides is 1. The van der Waals surface area contributed by atoms with Crippen LogP contribution in [0.4, 0.5) is 15.2 Å². The number of aromatic nitrogens is 5. The van der Waals surface area contributed by atoms with Crippen molar-refractivity contribution in [2.24, 2.45) is 0 Å². The van der Waals surface area contributed by atoms with E-state index in [1.54, 1.807) is 16.8 Å². The molecule has 5 heterocycles. The molecule has 0 radical (unpaired) electrons. The average molecular weight is 493 g/mol. The summed E-state index contributed by atoms with van der Waals surface area (Å²) in [4.78, 5) is 6.51. The van der Waals surface area contributed by atoms with Gasteiger partial charge in [-0.25, -0.2) is 8.91 Å². The second-order valence-corrected chi connectivity index (χ2v) is 10.2. The van der Waals surface area contributed by atoms with Crippen LogP contribution in [0.3, 0.4) is 0 Å². The molecule has 0 saturated carbocycles. The highest BCUT2D eigenvalue weighted by Gasteiger charge is 2.38. The molecule has 4 aromatic heterocycles. The van der Waals surface area contributed by atoms with Gasteiger partial charge < -0.3 is 15.3 Å². The van der Waals surface area contributed by atoms with Gasteiger partial charge in [-0.15, -0.1) is 10.2 Å². The summed E-state index contributed by atoms with van der Waals surface area (Å²) in [5.74, 6) is 0. The molecule has 2 atom stereocenters. The molecule has 0 aliphatic carbocycles. The quantitative estimate of drug-likeness (QED) is 0.431. The Bertz CT molecular complexity index is 1420. The molecule has 9 nitrogen and oxygen atoms in total. The summed E-state index contributed by atoms with van der Waals surface area (Å²) >= 11 is 1.37. The molecule has 35 heavy (non-hydrogen) atoms. The van der Waals surface area contributed by atoms with Gasteiger partial charge in [-0.05, 0) is 51.5 Å². The van der Waals surface area contributed by atoms with E-state index in [1.165, 1.54) is 24.5 Å². The smallest absolute Gasteiger partial charge is 0.208 e. The lowest BCUT2D eigenvalue weighted by molar-refractivity contribution is -0.0330. The molecule has 180 valence electrons. The van der Waals surface area contributed by atoms with Crippen LogP contribution in [-0.4, -0.2) is 60.8 Å². The highest BCUT2D eigenvalue weighted by atomic mass is 32.1. The lowest BCUT2D eigenvalue weighted by atomic mass is 9.92. The standard InChI is InChI=1S/C24H25FN8OS/c1-14(2)29-18-9-19(20-5-4-16-8-15(10-26)11-28-33(16)20)27-12-17(18)22-30-31-23(35-22)32-7-6-24(3,34)21(25)13-32/h4-5,8-9,11-12,14,21,34H,6-7,13H2,1-3H3,(H,27,29)/t21-,24-/m0/s1. The van der Waals surface area contributed by atoms with Crippen LogP contribution < -0.4 is 10.2 Å². The van der Waals surface area contributed by atoms with Gasteiger partial charge in [0.2, 0.25) is 5.13 Å². The van der Waals surface area contributed by atoms with E-state index in [9.17, 15) is 9.50 Å². The van der Waals surface area contributed by atoms with Crippen LogP contribution >= 0.6 is 11.3 Å². The van der Waals surface area contributed by atoms with E-state index >= 15 is 0 Å². The Morgan fingerprint density at radius 1 is 1.29 bits per heavy atom. The van der Waals surface area contributed by atoms with Crippen LogP contribution in [0.25, 0.3) is 27.5 Å². The number of nitriles is 1. The molecule has 0 spiro atoms. The van der Waals surface area contributed by atoms with E-state index < -0.39 is 11.8 Å². The molecule has 1 saturated heterocycles. The van der Waals surface area contributed by atoms with Gasteiger partial charge in [0.1, 0.15) is 12.2 Å². The first-order chi connectivity index (χ1) is 16.7. The number of hydrogen-bond acceptors (Lipinski definition) is 9. The van der Waals surface area contributed by atoms with E-state index in [2.05, 4.69) is 31.7 Å². The molecule has 0 bridgehead atoms. The van der Waals surface area contributed by atoms with Crippen molar-refractivity contribution in [3.05, 3.63) is 42.2 Å². The third-order valence-electron chi connectivity index (χ3n) is 6.10. The zero-order valence-electron chi connectivity index (χ0n) is 19.6. The molecule has 1 aliphatic rings. The van der Waals surface area contributed by atoms with Crippen LogP contribution in [0.2, 0.25) is 0 Å². The number of fused-ring (bicyclic) bond motifs is 1. The minimum absolute atomic E-state index is 0.0811. The largest absolute Gasteiger partial charge is 0.387 e. The van der Waals surface area contributed by atoms with Crippen molar-refractivity contribution >= 4 is 27.7 Å². The number of hydrogen-bond donors (Lipinski definition) is 2. The molecule has 0 unspecified atom stereocenters. The third kappa shape index (κ3) is 4.42. The predicted molar refractivity (Wildman–Crippen MR) is 133 cm³/mol. The summed E-state index contributed by atoms with van der Waals surface area (Å²) in [7, 11) is 0.